The van der Waals surface area contributed by atoms with Gasteiger partial charge in [0, 0.05) is 16.6 Å². The lowest BCUT2D eigenvalue weighted by molar-refractivity contribution is -0.139. The van der Waals surface area contributed by atoms with E-state index in [1.54, 1.807) is 65.8 Å². The molecular weight excluding hydrogens is 617 g/mol. The Labute approximate surface area is 262 Å². The summed E-state index contributed by atoms with van der Waals surface area (Å²) in [4.78, 5) is 40.9. The molecule has 0 bridgehead atoms. The van der Waals surface area contributed by atoms with Crippen molar-refractivity contribution in [2.45, 2.75) is 78.0 Å². The highest BCUT2D eigenvalue weighted by Crippen LogP contribution is 2.42. The fourth-order valence-corrected chi connectivity index (χ4v) is 5.39. The first-order valence-electron chi connectivity index (χ1n) is 14.0. The Morgan fingerprint density at radius 3 is 2.20 bits per heavy atom. The number of likely N-dealkylation sites (tertiary alicyclic amines) is 1. The molecule has 1 saturated heterocycles. The summed E-state index contributed by atoms with van der Waals surface area (Å²) in [7, 11) is -3.85. The molecule has 44 heavy (non-hydrogen) atoms. The van der Waals surface area contributed by atoms with Crippen molar-refractivity contribution in [3.8, 4) is 11.1 Å². The molecule has 1 aliphatic rings. The molecule has 1 aliphatic heterocycles. The van der Waals surface area contributed by atoms with Crippen LogP contribution < -0.4 is 0 Å². The van der Waals surface area contributed by atoms with Crippen molar-refractivity contribution in [1.82, 2.24) is 4.90 Å². The SMILES string of the molecule is CC(C)(C)OC(=O)OCC1(CCOS(C)(=O)=O)C[C@@H](Cc2ccc(-c3cc(Cl)ccc3F)cc2)N(C(=O)OC(C)(C)C)C1=O. The number of nitrogens with zero attached hydrogens (tertiary/aromatic N) is 1. The molecule has 0 aromatic heterocycles. The second-order valence-corrected chi connectivity index (χ2v) is 14.9. The van der Waals surface area contributed by atoms with E-state index >= 15 is 0 Å². The first kappa shape index (κ1) is 35.3. The van der Waals surface area contributed by atoms with Crippen LogP contribution in [0.5, 0.6) is 0 Å². The van der Waals surface area contributed by atoms with E-state index in [0.29, 0.717) is 16.1 Å². The van der Waals surface area contributed by atoms with Gasteiger partial charge in [-0.2, -0.15) is 8.42 Å². The predicted octanol–water partition coefficient (Wildman–Crippen LogP) is 6.53. The van der Waals surface area contributed by atoms with Gasteiger partial charge in [0.05, 0.1) is 18.3 Å². The van der Waals surface area contributed by atoms with Gasteiger partial charge in [0.1, 0.15) is 23.6 Å². The van der Waals surface area contributed by atoms with Crippen LogP contribution in [0.25, 0.3) is 11.1 Å². The van der Waals surface area contributed by atoms with E-state index in [-0.39, 0.29) is 19.3 Å². The molecule has 0 saturated carbocycles. The maximum Gasteiger partial charge on any atom is 0.508 e. The van der Waals surface area contributed by atoms with Gasteiger partial charge in [-0.25, -0.2) is 18.9 Å². The van der Waals surface area contributed by atoms with Crippen LogP contribution in [0.4, 0.5) is 14.0 Å². The van der Waals surface area contributed by atoms with Gasteiger partial charge >= 0.3 is 12.2 Å². The quantitative estimate of drug-likeness (QED) is 0.219. The molecule has 0 radical (unpaired) electrons. The number of rotatable bonds is 9. The second-order valence-electron chi connectivity index (χ2n) is 12.8. The van der Waals surface area contributed by atoms with Gasteiger partial charge in [-0.05, 0) is 90.1 Å². The third-order valence-electron chi connectivity index (χ3n) is 6.65. The number of hydrogen-bond acceptors (Lipinski definition) is 9. The number of hydrogen-bond donors (Lipinski definition) is 0. The zero-order chi connectivity index (χ0) is 33.1. The van der Waals surface area contributed by atoms with Crippen LogP contribution in [0.2, 0.25) is 5.02 Å². The third-order valence-corrected chi connectivity index (χ3v) is 7.48. The van der Waals surface area contributed by atoms with Gasteiger partial charge in [-0.15, -0.1) is 0 Å². The number of carbonyl (C=O) groups excluding carboxylic acids is 3. The molecule has 1 fully saturated rings. The predicted molar refractivity (Wildman–Crippen MR) is 162 cm³/mol. The smallest absolute Gasteiger partial charge is 0.443 e. The minimum Gasteiger partial charge on any atom is -0.443 e. The number of halogens is 2. The molecule has 2 aromatic rings. The summed E-state index contributed by atoms with van der Waals surface area (Å²) in [5.41, 5.74) is -1.69. The van der Waals surface area contributed by atoms with Gasteiger partial charge in [0.25, 0.3) is 10.1 Å². The van der Waals surface area contributed by atoms with Crippen LogP contribution in [0.1, 0.15) is 59.9 Å². The average molecular weight is 656 g/mol. The van der Waals surface area contributed by atoms with Crippen molar-refractivity contribution < 1.29 is 45.6 Å². The highest BCUT2D eigenvalue weighted by atomic mass is 35.5. The number of ether oxygens (including phenoxy) is 3. The van der Waals surface area contributed by atoms with E-state index in [2.05, 4.69) is 0 Å². The van der Waals surface area contributed by atoms with E-state index in [0.717, 1.165) is 16.7 Å². The Balaban J connectivity index is 1.96. The van der Waals surface area contributed by atoms with E-state index in [4.69, 9.17) is 30.0 Å². The minimum absolute atomic E-state index is 0.00562. The van der Waals surface area contributed by atoms with Gasteiger partial charge in [0.15, 0.2) is 0 Å². The van der Waals surface area contributed by atoms with Crippen molar-refractivity contribution in [3.63, 3.8) is 0 Å². The van der Waals surface area contributed by atoms with Crippen LogP contribution >= 0.6 is 11.6 Å². The molecule has 242 valence electrons. The van der Waals surface area contributed by atoms with Crippen LogP contribution in [0.15, 0.2) is 42.5 Å². The molecular formula is C31H39ClFNO9S. The van der Waals surface area contributed by atoms with E-state index in [1.165, 1.54) is 18.2 Å². The topological polar surface area (TPSA) is 126 Å². The largest absolute Gasteiger partial charge is 0.508 e. The third kappa shape index (κ3) is 9.90. The summed E-state index contributed by atoms with van der Waals surface area (Å²) >= 11 is 6.05. The summed E-state index contributed by atoms with van der Waals surface area (Å²) in [6, 6.07) is 10.4. The molecule has 1 unspecified atom stereocenters. The van der Waals surface area contributed by atoms with Crippen LogP contribution in [-0.2, 0) is 39.7 Å². The van der Waals surface area contributed by atoms with Crippen LogP contribution in [0, 0.1) is 11.2 Å². The molecule has 2 aromatic carbocycles. The molecule has 0 aliphatic carbocycles. The van der Waals surface area contributed by atoms with Crippen molar-refractivity contribution in [1.29, 1.82) is 0 Å². The highest BCUT2D eigenvalue weighted by Gasteiger charge is 2.55. The van der Waals surface area contributed by atoms with Gasteiger partial charge in [-0.3, -0.25) is 8.98 Å². The average Bonchev–Trinajstić information content (AvgIpc) is 3.13. The Morgan fingerprint density at radius 2 is 1.64 bits per heavy atom. The molecule has 13 heteroatoms. The second kappa shape index (κ2) is 13.4. The van der Waals surface area contributed by atoms with E-state index in [1.807, 2.05) is 0 Å². The molecule has 0 spiro atoms. The lowest BCUT2D eigenvalue weighted by Crippen LogP contribution is -2.46. The fourth-order valence-electron chi connectivity index (χ4n) is 4.84. The fraction of sp³-hybridized carbons (Fsp3) is 0.516. The lowest BCUT2D eigenvalue weighted by atomic mass is 9.81. The summed E-state index contributed by atoms with van der Waals surface area (Å²) in [5.74, 6) is -1.14. The maximum atomic E-state index is 14.4. The normalized spacial score (nSPS) is 19.2. The van der Waals surface area contributed by atoms with Crippen molar-refractivity contribution in [2.24, 2.45) is 5.41 Å². The van der Waals surface area contributed by atoms with E-state index < -0.39 is 70.0 Å². The maximum absolute atomic E-state index is 14.4. The zero-order valence-electron chi connectivity index (χ0n) is 25.9. The van der Waals surface area contributed by atoms with Crippen molar-refractivity contribution in [3.05, 3.63) is 58.9 Å². The Hall–Kier alpha value is -3.22. The molecule has 10 nitrogen and oxygen atoms in total. The first-order valence-corrected chi connectivity index (χ1v) is 16.2. The summed E-state index contributed by atoms with van der Waals surface area (Å²) < 4.78 is 58.9. The number of imide groups is 1. The zero-order valence-corrected chi connectivity index (χ0v) is 27.5. The number of carbonyl (C=O) groups is 3. The molecule has 3 rings (SSSR count). The monoisotopic (exact) mass is 655 g/mol. The summed E-state index contributed by atoms with van der Waals surface area (Å²) in [5, 5.41) is 0.382. The number of benzene rings is 2. The van der Waals surface area contributed by atoms with E-state index in [9.17, 15) is 27.2 Å². The first-order chi connectivity index (χ1) is 20.2. The van der Waals surface area contributed by atoms with Gasteiger partial charge < -0.3 is 14.2 Å². The molecule has 2 amide bonds. The standard InChI is InChI=1S/C31H39ClFNO9S/c1-29(2,3)42-27(36)34-23(16-20-8-10-21(11-9-20)24-17-22(32)12-13-25(24)33)18-31(26(34)35,14-15-41-44(7,38)39)19-40-28(37)43-30(4,5)6/h8-13,17,23H,14-16,18-19H2,1-7H3/t23-,31?/m1/s1. The van der Waals surface area contributed by atoms with Crippen LogP contribution in [0.3, 0.4) is 0 Å². The van der Waals surface area contributed by atoms with Gasteiger partial charge in [0.2, 0.25) is 5.91 Å². The number of amides is 2. The molecule has 2 atom stereocenters. The lowest BCUT2D eigenvalue weighted by Gasteiger charge is -2.29. The Morgan fingerprint density at radius 1 is 1.02 bits per heavy atom. The van der Waals surface area contributed by atoms with Crippen LogP contribution in [-0.4, -0.2) is 68.2 Å². The molecule has 0 N–H and O–H groups in total. The van der Waals surface area contributed by atoms with Crippen molar-refractivity contribution >= 4 is 39.9 Å². The summed E-state index contributed by atoms with van der Waals surface area (Å²) in [6.07, 6.45) is -1.03. The molecule has 1 heterocycles. The summed E-state index contributed by atoms with van der Waals surface area (Å²) in [6.45, 7) is 9.05. The Kier molecular flexibility index (Phi) is 10.8. The Bertz CT molecular complexity index is 1480. The minimum atomic E-state index is -3.85. The van der Waals surface area contributed by atoms with Gasteiger partial charge in [-0.1, -0.05) is 35.9 Å². The highest BCUT2D eigenvalue weighted by molar-refractivity contribution is 7.85. The van der Waals surface area contributed by atoms with Crippen molar-refractivity contribution in [2.75, 3.05) is 19.5 Å².